The van der Waals surface area contributed by atoms with Crippen molar-refractivity contribution in [2.45, 2.75) is 26.4 Å². The molecule has 3 rings (SSSR count). The number of hydrogen-bond acceptors (Lipinski definition) is 4. The summed E-state index contributed by atoms with van der Waals surface area (Å²) in [7, 11) is 3.82. The minimum atomic E-state index is 0.453. The number of nitrogens with one attached hydrogen (secondary N) is 2. The monoisotopic (exact) mass is 439 g/mol. The molecule has 0 saturated heterocycles. The fourth-order valence-corrected chi connectivity index (χ4v) is 3.73. The summed E-state index contributed by atoms with van der Waals surface area (Å²) in [6.45, 7) is 3.68. The van der Waals surface area contributed by atoms with Gasteiger partial charge in [0, 0.05) is 31.2 Å². The number of rotatable bonds is 7. The van der Waals surface area contributed by atoms with Crippen LogP contribution in [-0.4, -0.2) is 31.8 Å². The summed E-state index contributed by atoms with van der Waals surface area (Å²) in [5.41, 5.74) is 0.934. The second-order valence-corrected chi connectivity index (χ2v) is 8.13. The lowest BCUT2D eigenvalue weighted by molar-refractivity contribution is 0.710. The van der Waals surface area contributed by atoms with Crippen LogP contribution in [0.25, 0.3) is 0 Å². The molecule has 7 nitrogen and oxygen atoms in total. The van der Waals surface area contributed by atoms with Gasteiger partial charge >= 0.3 is 0 Å². The molecule has 3 aromatic rings. The number of aliphatic imine (C=N–C) groups is 1. The van der Waals surface area contributed by atoms with E-state index < -0.39 is 0 Å². The van der Waals surface area contributed by atoms with Crippen molar-refractivity contribution < 1.29 is 0 Å². The van der Waals surface area contributed by atoms with E-state index in [0.717, 1.165) is 30.3 Å². The Labute approximate surface area is 178 Å². The van der Waals surface area contributed by atoms with Crippen LogP contribution in [0, 0.1) is 6.92 Å². The first kappa shape index (κ1) is 20.7. The Kier molecular flexibility index (Phi) is 6.98. The molecule has 0 spiro atoms. The van der Waals surface area contributed by atoms with Crippen molar-refractivity contribution in [2.24, 2.45) is 19.1 Å². The highest BCUT2D eigenvalue weighted by molar-refractivity contribution is 7.09. The van der Waals surface area contributed by atoms with E-state index in [1.54, 1.807) is 11.3 Å². The molecule has 0 fully saturated rings. The highest BCUT2D eigenvalue weighted by Crippen LogP contribution is 2.25. The first-order valence-electron chi connectivity index (χ1n) is 8.84. The smallest absolute Gasteiger partial charge is 0.192 e. The third-order valence-electron chi connectivity index (χ3n) is 4.46. The Balaban J connectivity index is 1.66. The lowest BCUT2D eigenvalue weighted by Crippen LogP contribution is -2.38. The van der Waals surface area contributed by atoms with Crippen LogP contribution < -0.4 is 10.6 Å². The molecule has 3 aromatic heterocycles. The Morgan fingerprint density at radius 3 is 2.64 bits per heavy atom. The first-order chi connectivity index (χ1) is 13.5. The topological polar surface area (TPSA) is 72.1 Å². The van der Waals surface area contributed by atoms with Crippen LogP contribution in [0.15, 0.2) is 28.6 Å². The van der Waals surface area contributed by atoms with E-state index in [-0.39, 0.29) is 0 Å². The zero-order valence-electron chi connectivity index (χ0n) is 16.0. The Hall–Kier alpha value is -2.03. The van der Waals surface area contributed by atoms with Crippen LogP contribution in [0.5, 0.6) is 0 Å². The fraction of sp³-hybridized carbons (Fsp3) is 0.389. The quantitative estimate of drug-likeness (QED) is 0.437. The molecular weight excluding hydrogens is 417 g/mol. The predicted molar refractivity (Wildman–Crippen MR) is 115 cm³/mol. The van der Waals surface area contributed by atoms with Crippen molar-refractivity contribution in [3.63, 3.8) is 0 Å². The second kappa shape index (κ2) is 9.45. The number of nitrogens with zero attached hydrogens (tertiary/aromatic N) is 5. The van der Waals surface area contributed by atoms with Gasteiger partial charge in [0.15, 0.2) is 11.8 Å². The van der Waals surface area contributed by atoms with Crippen molar-refractivity contribution >= 4 is 40.5 Å². The zero-order valence-corrected chi connectivity index (χ0v) is 18.4. The van der Waals surface area contributed by atoms with Crippen LogP contribution in [0.3, 0.4) is 0 Å². The molecule has 0 aliphatic carbocycles. The largest absolute Gasteiger partial charge is 0.356 e. The van der Waals surface area contributed by atoms with Crippen molar-refractivity contribution in [1.29, 1.82) is 0 Å². The Morgan fingerprint density at radius 1 is 1.21 bits per heavy atom. The van der Waals surface area contributed by atoms with E-state index in [0.29, 0.717) is 29.2 Å². The summed E-state index contributed by atoms with van der Waals surface area (Å²) in [5, 5.41) is 18.1. The van der Waals surface area contributed by atoms with Crippen molar-refractivity contribution in [2.75, 3.05) is 6.54 Å². The third-order valence-corrected chi connectivity index (χ3v) is 6.23. The van der Waals surface area contributed by atoms with Gasteiger partial charge in [-0.25, -0.2) is 4.99 Å². The molecule has 150 valence electrons. The SMILES string of the molecule is Cc1nnc(CNC(=NCc2cc(Cl)c(Cl)n2C)NCCc2cccs2)n1C. The molecule has 0 aliphatic heterocycles. The Bertz CT molecular complexity index is 944. The van der Waals surface area contributed by atoms with Gasteiger partial charge in [-0.3, -0.25) is 0 Å². The molecule has 3 heterocycles. The van der Waals surface area contributed by atoms with Gasteiger partial charge in [0.25, 0.3) is 0 Å². The van der Waals surface area contributed by atoms with Gasteiger partial charge in [-0.1, -0.05) is 29.3 Å². The van der Waals surface area contributed by atoms with E-state index in [1.807, 2.05) is 36.2 Å². The average Bonchev–Trinajstić information content (AvgIpc) is 3.37. The molecule has 0 bridgehead atoms. The van der Waals surface area contributed by atoms with E-state index in [4.69, 9.17) is 23.2 Å². The minimum absolute atomic E-state index is 0.453. The lowest BCUT2D eigenvalue weighted by Gasteiger charge is -2.12. The summed E-state index contributed by atoms with van der Waals surface area (Å²) in [5.74, 6) is 2.41. The van der Waals surface area contributed by atoms with Crippen molar-refractivity contribution in [1.82, 2.24) is 30.0 Å². The van der Waals surface area contributed by atoms with E-state index >= 15 is 0 Å². The van der Waals surface area contributed by atoms with Crippen LogP contribution in [0.2, 0.25) is 10.2 Å². The minimum Gasteiger partial charge on any atom is -0.356 e. The third kappa shape index (κ3) is 5.06. The molecule has 0 unspecified atom stereocenters. The van der Waals surface area contributed by atoms with Crippen molar-refractivity contribution in [3.8, 4) is 0 Å². The van der Waals surface area contributed by atoms with E-state index in [9.17, 15) is 0 Å². The maximum absolute atomic E-state index is 6.15. The fourth-order valence-electron chi connectivity index (χ4n) is 2.60. The summed E-state index contributed by atoms with van der Waals surface area (Å²) < 4.78 is 3.79. The zero-order chi connectivity index (χ0) is 20.1. The standard InChI is InChI=1S/C18H23Cl2N7S/c1-12-24-25-16(26(12)2)11-23-18(21-7-6-14-5-4-8-28-14)22-10-13-9-15(19)17(20)27(13)3/h4-5,8-9H,6-7,10-11H2,1-3H3,(H2,21,22,23). The van der Waals surface area contributed by atoms with Crippen LogP contribution in [0.4, 0.5) is 0 Å². The molecule has 10 heteroatoms. The molecule has 0 saturated carbocycles. The van der Waals surface area contributed by atoms with E-state index in [1.165, 1.54) is 4.88 Å². The summed E-state index contributed by atoms with van der Waals surface area (Å²) >= 11 is 14.0. The van der Waals surface area contributed by atoms with E-state index in [2.05, 4.69) is 43.3 Å². The molecule has 2 N–H and O–H groups in total. The average molecular weight is 440 g/mol. The Morgan fingerprint density at radius 2 is 2.04 bits per heavy atom. The lowest BCUT2D eigenvalue weighted by atomic mass is 10.3. The number of aryl methyl sites for hydroxylation is 1. The van der Waals surface area contributed by atoms with Gasteiger partial charge in [0.05, 0.1) is 18.1 Å². The van der Waals surface area contributed by atoms with Crippen molar-refractivity contribution in [3.05, 3.63) is 56.0 Å². The molecule has 0 aliphatic rings. The molecular formula is C18H23Cl2N7S. The maximum Gasteiger partial charge on any atom is 0.192 e. The molecule has 0 amide bonds. The highest BCUT2D eigenvalue weighted by Gasteiger charge is 2.10. The number of thiophene rings is 1. The summed E-state index contributed by atoms with van der Waals surface area (Å²) in [4.78, 5) is 6.01. The maximum atomic E-state index is 6.15. The normalized spacial score (nSPS) is 11.8. The number of guanidine groups is 1. The van der Waals surface area contributed by atoms with Crippen LogP contribution in [-0.2, 0) is 33.6 Å². The van der Waals surface area contributed by atoms with Gasteiger partial charge in [0.1, 0.15) is 11.0 Å². The molecule has 28 heavy (non-hydrogen) atoms. The summed E-state index contributed by atoms with van der Waals surface area (Å²) in [6, 6.07) is 6.03. The van der Waals surface area contributed by atoms with Gasteiger partial charge in [-0.05, 0) is 30.9 Å². The van der Waals surface area contributed by atoms with Crippen LogP contribution >= 0.6 is 34.5 Å². The van der Waals surface area contributed by atoms with Crippen LogP contribution in [0.1, 0.15) is 22.2 Å². The number of aromatic nitrogens is 4. The van der Waals surface area contributed by atoms with Gasteiger partial charge < -0.3 is 19.8 Å². The number of halogens is 2. The highest BCUT2D eigenvalue weighted by atomic mass is 35.5. The molecule has 0 radical (unpaired) electrons. The molecule has 0 aromatic carbocycles. The van der Waals surface area contributed by atoms with Gasteiger partial charge in [0.2, 0.25) is 0 Å². The second-order valence-electron chi connectivity index (χ2n) is 6.33. The first-order valence-corrected chi connectivity index (χ1v) is 10.5. The molecule has 0 atom stereocenters. The summed E-state index contributed by atoms with van der Waals surface area (Å²) in [6.07, 6.45) is 0.934. The van der Waals surface area contributed by atoms with Gasteiger partial charge in [-0.15, -0.1) is 21.5 Å². The van der Waals surface area contributed by atoms with Gasteiger partial charge in [-0.2, -0.15) is 0 Å². The number of hydrogen-bond donors (Lipinski definition) is 2. The predicted octanol–water partition coefficient (Wildman–Crippen LogP) is 3.31.